The van der Waals surface area contributed by atoms with Gasteiger partial charge in [-0.1, -0.05) is 25.7 Å². The largest absolute Gasteiger partial charge is 0.394 e. The van der Waals surface area contributed by atoms with Crippen LogP contribution >= 0.6 is 11.3 Å². The second-order valence-electron chi connectivity index (χ2n) is 7.92. The summed E-state index contributed by atoms with van der Waals surface area (Å²) in [5.74, 6) is 0.841. The first-order valence-electron chi connectivity index (χ1n) is 10.1. The van der Waals surface area contributed by atoms with Crippen LogP contribution in [0.3, 0.4) is 0 Å². The smallest absolute Gasteiger partial charge is 0.162 e. The molecule has 4 heterocycles. The normalized spacial score (nSPS) is 25.9. The number of hydrogen-bond acceptors (Lipinski definition) is 6. The minimum atomic E-state index is -0.675. The monoisotopic (exact) mass is 399 g/mol. The molecule has 2 N–H and O–H groups in total. The number of rotatable bonds is 5. The molecule has 0 aromatic carbocycles. The highest BCUT2D eigenvalue weighted by molar-refractivity contribution is 7.15. The molecule has 5 rings (SSSR count). The summed E-state index contributed by atoms with van der Waals surface area (Å²) in [5.41, 5.74) is 2.69. The molecule has 0 amide bonds. The van der Waals surface area contributed by atoms with Crippen LogP contribution in [0.15, 0.2) is 30.7 Å². The van der Waals surface area contributed by atoms with Crippen LogP contribution in [0.2, 0.25) is 0 Å². The molecule has 0 spiro atoms. The Labute approximate surface area is 167 Å². The Balaban J connectivity index is 1.43. The molecule has 0 bridgehead atoms. The van der Waals surface area contributed by atoms with Gasteiger partial charge in [0.1, 0.15) is 17.8 Å². The first kappa shape index (κ1) is 18.2. The quantitative estimate of drug-likeness (QED) is 0.686. The van der Waals surface area contributed by atoms with Crippen LogP contribution in [-0.2, 0) is 11.2 Å². The van der Waals surface area contributed by atoms with Crippen LogP contribution in [-0.4, -0.2) is 43.6 Å². The molecule has 6 nitrogen and oxygen atoms in total. The fraction of sp³-hybridized carbons (Fsp3) is 0.524. The summed E-state index contributed by atoms with van der Waals surface area (Å²) in [7, 11) is 0. The zero-order valence-electron chi connectivity index (χ0n) is 15.7. The van der Waals surface area contributed by atoms with Gasteiger partial charge in [0.25, 0.3) is 0 Å². The van der Waals surface area contributed by atoms with Gasteiger partial charge in [0, 0.05) is 27.9 Å². The lowest BCUT2D eigenvalue weighted by Gasteiger charge is -2.13. The van der Waals surface area contributed by atoms with Crippen molar-refractivity contribution in [2.45, 2.75) is 57.0 Å². The highest BCUT2D eigenvalue weighted by Crippen LogP contribution is 2.37. The zero-order chi connectivity index (χ0) is 19.1. The third kappa shape index (κ3) is 3.26. The molecule has 28 heavy (non-hydrogen) atoms. The van der Waals surface area contributed by atoms with E-state index in [0.717, 1.165) is 22.6 Å². The molecule has 1 unspecified atom stereocenters. The van der Waals surface area contributed by atoms with Gasteiger partial charge in [-0.2, -0.15) is 0 Å². The van der Waals surface area contributed by atoms with E-state index in [0.29, 0.717) is 6.42 Å². The van der Waals surface area contributed by atoms with Crippen LogP contribution in [0.5, 0.6) is 0 Å². The van der Waals surface area contributed by atoms with Gasteiger partial charge in [-0.25, -0.2) is 9.97 Å². The van der Waals surface area contributed by atoms with Crippen molar-refractivity contribution in [3.63, 3.8) is 0 Å². The van der Waals surface area contributed by atoms with E-state index in [1.807, 2.05) is 22.0 Å². The minimum Gasteiger partial charge on any atom is -0.394 e. The van der Waals surface area contributed by atoms with Crippen LogP contribution in [0.1, 0.15) is 43.2 Å². The van der Waals surface area contributed by atoms with Crippen molar-refractivity contribution in [3.8, 4) is 10.4 Å². The van der Waals surface area contributed by atoms with Gasteiger partial charge in [-0.05, 0) is 30.5 Å². The minimum absolute atomic E-state index is 0.193. The lowest BCUT2D eigenvalue weighted by Crippen LogP contribution is -2.24. The number of hydrogen-bond donors (Lipinski definition) is 2. The summed E-state index contributed by atoms with van der Waals surface area (Å²) < 4.78 is 7.65. The molecule has 1 saturated carbocycles. The maximum Gasteiger partial charge on any atom is 0.162 e. The average molecular weight is 400 g/mol. The molecule has 3 aromatic heterocycles. The van der Waals surface area contributed by atoms with Crippen molar-refractivity contribution in [3.05, 3.63) is 35.6 Å². The summed E-state index contributed by atoms with van der Waals surface area (Å²) in [6.07, 6.45) is 9.02. The van der Waals surface area contributed by atoms with Gasteiger partial charge in [0.15, 0.2) is 5.65 Å². The molecular formula is C21H25N3O3S. The number of fused-ring (bicyclic) bond motifs is 1. The topological polar surface area (TPSA) is 80.4 Å². The van der Waals surface area contributed by atoms with Gasteiger partial charge in [0.2, 0.25) is 0 Å². The van der Waals surface area contributed by atoms with Crippen LogP contribution in [0.4, 0.5) is 0 Å². The van der Waals surface area contributed by atoms with Gasteiger partial charge >= 0.3 is 0 Å². The zero-order valence-corrected chi connectivity index (χ0v) is 16.5. The van der Waals surface area contributed by atoms with Gasteiger partial charge in [-0.15, -0.1) is 11.3 Å². The predicted molar refractivity (Wildman–Crippen MR) is 108 cm³/mol. The fourth-order valence-corrected chi connectivity index (χ4v) is 5.67. The average Bonchev–Trinajstić information content (AvgIpc) is 3.48. The molecule has 148 valence electrons. The van der Waals surface area contributed by atoms with Crippen molar-refractivity contribution in [1.82, 2.24) is 14.5 Å². The molecule has 2 aliphatic rings. The van der Waals surface area contributed by atoms with E-state index in [9.17, 15) is 10.2 Å². The molecule has 7 heteroatoms. The van der Waals surface area contributed by atoms with Crippen molar-refractivity contribution in [2.24, 2.45) is 5.92 Å². The van der Waals surface area contributed by atoms with Crippen molar-refractivity contribution in [1.29, 1.82) is 0 Å². The van der Waals surface area contributed by atoms with Gasteiger partial charge < -0.3 is 14.9 Å². The number of thiophene rings is 1. The molecule has 3 atom stereocenters. The Bertz CT molecular complexity index is 963. The first-order valence-corrected chi connectivity index (χ1v) is 10.9. The van der Waals surface area contributed by atoms with Crippen molar-refractivity contribution in [2.75, 3.05) is 6.61 Å². The van der Waals surface area contributed by atoms with E-state index in [-0.39, 0.29) is 12.8 Å². The Hall–Kier alpha value is -1.80. The lowest BCUT2D eigenvalue weighted by molar-refractivity contribution is -0.0432. The number of nitrogens with zero attached hydrogens (tertiary/aromatic N) is 3. The molecule has 2 fully saturated rings. The predicted octanol–water partition coefficient (Wildman–Crippen LogP) is 3.53. The number of aliphatic hydroxyl groups excluding tert-OH is 2. The Morgan fingerprint density at radius 1 is 1.18 bits per heavy atom. The third-order valence-electron chi connectivity index (χ3n) is 6.05. The summed E-state index contributed by atoms with van der Waals surface area (Å²) in [4.78, 5) is 11.8. The van der Waals surface area contributed by atoms with E-state index in [4.69, 9.17) is 4.74 Å². The number of aromatic nitrogens is 3. The maximum absolute atomic E-state index is 10.0. The lowest BCUT2D eigenvalue weighted by atomic mass is 10.0. The highest BCUT2D eigenvalue weighted by atomic mass is 32.1. The van der Waals surface area contributed by atoms with E-state index in [2.05, 4.69) is 22.1 Å². The highest BCUT2D eigenvalue weighted by Gasteiger charge is 2.35. The van der Waals surface area contributed by atoms with Gasteiger partial charge in [-0.3, -0.25) is 4.57 Å². The maximum atomic E-state index is 10.0. The van der Waals surface area contributed by atoms with Crippen LogP contribution < -0.4 is 0 Å². The molecule has 0 radical (unpaired) electrons. The molecule has 1 aliphatic heterocycles. The summed E-state index contributed by atoms with van der Waals surface area (Å²) in [6.45, 7) is -0.193. The second-order valence-corrected chi connectivity index (χ2v) is 9.09. The molecule has 1 aliphatic carbocycles. The Morgan fingerprint density at radius 2 is 2.04 bits per heavy atom. The Morgan fingerprint density at radius 3 is 2.82 bits per heavy atom. The molecular weight excluding hydrogens is 374 g/mol. The number of pyridine rings is 1. The fourth-order valence-electron chi connectivity index (χ4n) is 4.52. The number of imidazole rings is 1. The van der Waals surface area contributed by atoms with Crippen molar-refractivity contribution >= 4 is 22.5 Å². The van der Waals surface area contributed by atoms with E-state index < -0.39 is 12.2 Å². The van der Waals surface area contributed by atoms with E-state index in [1.165, 1.54) is 41.9 Å². The van der Waals surface area contributed by atoms with E-state index >= 15 is 0 Å². The summed E-state index contributed by atoms with van der Waals surface area (Å²) >= 11 is 1.85. The van der Waals surface area contributed by atoms with Gasteiger partial charge in [0.05, 0.1) is 19.0 Å². The number of ether oxygens (including phenoxy) is 1. The molecule has 3 aromatic rings. The van der Waals surface area contributed by atoms with E-state index in [1.54, 1.807) is 12.5 Å². The SMILES string of the molecule is OC[C@H]1O[C@@H](n2cnc3c(-c4ccc(CC5CCCC5)s4)ccnc32)CC1O. The first-order chi connectivity index (χ1) is 13.7. The summed E-state index contributed by atoms with van der Waals surface area (Å²) in [6, 6.07) is 6.47. The van der Waals surface area contributed by atoms with Crippen LogP contribution in [0.25, 0.3) is 21.6 Å². The third-order valence-corrected chi connectivity index (χ3v) is 7.19. The van der Waals surface area contributed by atoms with Crippen molar-refractivity contribution < 1.29 is 14.9 Å². The number of aliphatic hydroxyl groups is 2. The molecule has 1 saturated heterocycles. The van der Waals surface area contributed by atoms with Crippen LogP contribution in [0, 0.1) is 5.92 Å². The Kier molecular flexibility index (Phi) is 4.92. The second kappa shape index (κ2) is 7.55. The standard InChI is InChI=1S/C21H25N3O3S/c25-11-17-16(26)10-19(27-17)24-12-23-20-15(7-8-22-21(20)24)18-6-5-14(28-18)9-13-3-1-2-4-13/h5-8,12-13,16-17,19,25-26H,1-4,9-11H2/t16?,17-,19-/m1/s1. The summed E-state index contributed by atoms with van der Waals surface area (Å²) in [5, 5.41) is 19.4.